The second-order valence-electron chi connectivity index (χ2n) is 2.51. The molecule has 0 atom stereocenters. The molecule has 1 aromatic heterocycles. The predicted molar refractivity (Wildman–Crippen MR) is 42.5 cm³/mol. The van der Waals surface area contributed by atoms with Gasteiger partial charge in [-0.05, 0) is 12.1 Å². The number of aromatic nitrogens is 1. The molecule has 0 aliphatic carbocycles. The SMILES string of the molecule is NC(=O)c1noc2cccc(F)c12. The lowest BCUT2D eigenvalue weighted by atomic mass is 10.2. The molecule has 1 heterocycles. The predicted octanol–water partition coefficient (Wildman–Crippen LogP) is 1.07. The van der Waals surface area contributed by atoms with E-state index in [0.29, 0.717) is 0 Å². The van der Waals surface area contributed by atoms with E-state index in [1.165, 1.54) is 18.2 Å². The van der Waals surface area contributed by atoms with Gasteiger partial charge in [0.25, 0.3) is 5.91 Å². The standard InChI is InChI=1S/C8H5FN2O2/c9-4-2-1-3-5-6(4)7(8(10)12)11-13-5/h1-3H,(H2,10,12). The zero-order valence-corrected chi connectivity index (χ0v) is 6.45. The Hall–Kier alpha value is -1.91. The fraction of sp³-hybridized carbons (Fsp3) is 0. The summed E-state index contributed by atoms with van der Waals surface area (Å²) in [4.78, 5) is 10.8. The minimum atomic E-state index is -0.802. The Morgan fingerprint density at radius 3 is 3.00 bits per heavy atom. The molecule has 0 fully saturated rings. The maximum absolute atomic E-state index is 13.1. The van der Waals surface area contributed by atoms with Crippen molar-refractivity contribution in [3.63, 3.8) is 0 Å². The van der Waals surface area contributed by atoms with Crippen LogP contribution in [0, 0.1) is 5.82 Å². The first-order chi connectivity index (χ1) is 6.20. The summed E-state index contributed by atoms with van der Waals surface area (Å²) < 4.78 is 17.8. The van der Waals surface area contributed by atoms with Crippen molar-refractivity contribution in [1.82, 2.24) is 5.16 Å². The summed E-state index contributed by atoms with van der Waals surface area (Å²) >= 11 is 0. The normalized spacial score (nSPS) is 10.5. The van der Waals surface area contributed by atoms with Gasteiger partial charge in [-0.3, -0.25) is 4.79 Å². The number of fused-ring (bicyclic) bond motifs is 1. The molecule has 2 N–H and O–H groups in total. The van der Waals surface area contributed by atoms with Crippen molar-refractivity contribution < 1.29 is 13.7 Å². The van der Waals surface area contributed by atoms with Gasteiger partial charge in [-0.2, -0.15) is 0 Å². The van der Waals surface area contributed by atoms with E-state index in [9.17, 15) is 9.18 Å². The quantitative estimate of drug-likeness (QED) is 0.713. The first-order valence-electron chi connectivity index (χ1n) is 3.54. The van der Waals surface area contributed by atoms with Crippen molar-refractivity contribution >= 4 is 16.9 Å². The van der Waals surface area contributed by atoms with Gasteiger partial charge in [0.05, 0.1) is 5.39 Å². The maximum atomic E-state index is 13.1. The van der Waals surface area contributed by atoms with Gasteiger partial charge in [-0.1, -0.05) is 11.2 Å². The van der Waals surface area contributed by atoms with Crippen molar-refractivity contribution in [2.24, 2.45) is 5.73 Å². The van der Waals surface area contributed by atoms with Crippen LogP contribution in [-0.2, 0) is 0 Å². The lowest BCUT2D eigenvalue weighted by Gasteiger charge is -1.90. The Labute approximate surface area is 72.1 Å². The third-order valence-electron chi connectivity index (χ3n) is 1.68. The highest BCUT2D eigenvalue weighted by atomic mass is 19.1. The van der Waals surface area contributed by atoms with E-state index in [4.69, 9.17) is 10.3 Å². The maximum Gasteiger partial charge on any atom is 0.271 e. The van der Waals surface area contributed by atoms with Gasteiger partial charge in [0.15, 0.2) is 11.3 Å². The molecule has 13 heavy (non-hydrogen) atoms. The number of nitrogens with zero attached hydrogens (tertiary/aromatic N) is 1. The highest BCUT2D eigenvalue weighted by Gasteiger charge is 2.16. The molecule has 2 aromatic rings. The summed E-state index contributed by atoms with van der Waals surface area (Å²) in [5.41, 5.74) is 5.01. The van der Waals surface area contributed by atoms with Gasteiger partial charge in [-0.15, -0.1) is 0 Å². The van der Waals surface area contributed by atoms with Crippen LogP contribution in [0.4, 0.5) is 4.39 Å². The number of primary amides is 1. The minimum Gasteiger partial charge on any atom is -0.364 e. The molecular formula is C8H5FN2O2. The number of carbonyl (C=O) groups is 1. The molecule has 1 amide bonds. The number of rotatable bonds is 1. The molecule has 0 unspecified atom stereocenters. The lowest BCUT2D eigenvalue weighted by Crippen LogP contribution is -2.11. The molecule has 5 heteroatoms. The van der Waals surface area contributed by atoms with Gasteiger partial charge in [0, 0.05) is 0 Å². The summed E-state index contributed by atoms with van der Waals surface area (Å²) in [6, 6.07) is 4.19. The largest absolute Gasteiger partial charge is 0.364 e. The molecular weight excluding hydrogens is 175 g/mol. The number of hydrogen-bond donors (Lipinski definition) is 1. The van der Waals surface area contributed by atoms with Crippen LogP contribution in [0.25, 0.3) is 11.0 Å². The first kappa shape index (κ1) is 7.72. The van der Waals surface area contributed by atoms with Gasteiger partial charge < -0.3 is 10.3 Å². The smallest absolute Gasteiger partial charge is 0.271 e. The molecule has 0 aliphatic heterocycles. The van der Waals surface area contributed by atoms with E-state index < -0.39 is 11.7 Å². The first-order valence-corrected chi connectivity index (χ1v) is 3.54. The number of hydrogen-bond acceptors (Lipinski definition) is 3. The molecule has 0 saturated carbocycles. The van der Waals surface area contributed by atoms with Crippen LogP contribution in [0.5, 0.6) is 0 Å². The molecule has 0 spiro atoms. The number of halogens is 1. The van der Waals surface area contributed by atoms with Crippen molar-refractivity contribution in [1.29, 1.82) is 0 Å². The molecule has 2 rings (SSSR count). The Bertz CT molecular complexity index is 478. The molecule has 4 nitrogen and oxygen atoms in total. The van der Waals surface area contributed by atoms with Crippen LogP contribution in [0.2, 0.25) is 0 Å². The average molecular weight is 180 g/mol. The van der Waals surface area contributed by atoms with Crippen LogP contribution in [0.15, 0.2) is 22.7 Å². The number of nitrogens with two attached hydrogens (primary N) is 1. The third kappa shape index (κ3) is 1.05. The van der Waals surface area contributed by atoms with Gasteiger partial charge in [0.2, 0.25) is 0 Å². The van der Waals surface area contributed by atoms with Crippen LogP contribution in [0.3, 0.4) is 0 Å². The van der Waals surface area contributed by atoms with Gasteiger partial charge in [-0.25, -0.2) is 4.39 Å². The van der Waals surface area contributed by atoms with E-state index in [1.54, 1.807) is 0 Å². The summed E-state index contributed by atoms with van der Waals surface area (Å²) in [5.74, 6) is -1.36. The number of carbonyl (C=O) groups excluding carboxylic acids is 1. The second-order valence-corrected chi connectivity index (χ2v) is 2.51. The summed E-state index contributed by atoms with van der Waals surface area (Å²) in [7, 11) is 0. The lowest BCUT2D eigenvalue weighted by molar-refractivity contribution is 0.0993. The number of amides is 1. The molecule has 0 aliphatic rings. The molecule has 1 aromatic carbocycles. The Balaban J connectivity index is 2.86. The topological polar surface area (TPSA) is 69.1 Å². The summed E-state index contributed by atoms with van der Waals surface area (Å²) in [6.07, 6.45) is 0. The van der Waals surface area contributed by atoms with E-state index in [2.05, 4.69) is 5.16 Å². The Kier molecular flexibility index (Phi) is 1.51. The van der Waals surface area contributed by atoms with Crippen molar-refractivity contribution in [2.75, 3.05) is 0 Å². The Morgan fingerprint density at radius 1 is 1.54 bits per heavy atom. The van der Waals surface area contributed by atoms with Crippen molar-refractivity contribution in [3.05, 3.63) is 29.7 Å². The zero-order chi connectivity index (χ0) is 9.42. The highest BCUT2D eigenvalue weighted by molar-refractivity contribution is 6.03. The van der Waals surface area contributed by atoms with Crippen LogP contribution in [-0.4, -0.2) is 11.1 Å². The molecule has 0 bridgehead atoms. The zero-order valence-electron chi connectivity index (χ0n) is 6.45. The molecule has 0 saturated heterocycles. The summed E-state index contributed by atoms with van der Waals surface area (Å²) in [6.45, 7) is 0. The van der Waals surface area contributed by atoms with E-state index in [-0.39, 0.29) is 16.7 Å². The minimum absolute atomic E-state index is 0.0370. The third-order valence-corrected chi connectivity index (χ3v) is 1.68. The van der Waals surface area contributed by atoms with Gasteiger partial charge >= 0.3 is 0 Å². The van der Waals surface area contributed by atoms with E-state index in [1.807, 2.05) is 0 Å². The Morgan fingerprint density at radius 2 is 2.31 bits per heavy atom. The van der Waals surface area contributed by atoms with Crippen LogP contribution >= 0.6 is 0 Å². The fourth-order valence-electron chi connectivity index (χ4n) is 1.12. The fourth-order valence-corrected chi connectivity index (χ4v) is 1.12. The van der Waals surface area contributed by atoms with Crippen LogP contribution < -0.4 is 5.73 Å². The van der Waals surface area contributed by atoms with Crippen molar-refractivity contribution in [3.8, 4) is 0 Å². The molecule has 66 valence electrons. The molecule has 0 radical (unpaired) electrons. The van der Waals surface area contributed by atoms with E-state index in [0.717, 1.165) is 0 Å². The average Bonchev–Trinajstić information content (AvgIpc) is 2.49. The monoisotopic (exact) mass is 180 g/mol. The second kappa shape index (κ2) is 2.55. The van der Waals surface area contributed by atoms with Gasteiger partial charge in [0.1, 0.15) is 5.82 Å². The number of benzene rings is 1. The highest BCUT2D eigenvalue weighted by Crippen LogP contribution is 2.20. The van der Waals surface area contributed by atoms with Crippen LogP contribution in [0.1, 0.15) is 10.5 Å². The van der Waals surface area contributed by atoms with Crippen molar-refractivity contribution in [2.45, 2.75) is 0 Å². The summed E-state index contributed by atoms with van der Waals surface area (Å²) in [5, 5.41) is 3.40. The van der Waals surface area contributed by atoms with E-state index >= 15 is 0 Å².